The number of rotatable bonds is 13. The van der Waals surface area contributed by atoms with Crippen molar-refractivity contribution in [3.05, 3.63) is 58.0 Å². The summed E-state index contributed by atoms with van der Waals surface area (Å²) in [7, 11) is 4.19. The Labute approximate surface area is 223 Å². The zero-order valence-electron chi connectivity index (χ0n) is 22.0. The molecular weight excluding hydrogens is 512 g/mol. The summed E-state index contributed by atoms with van der Waals surface area (Å²) < 4.78 is 22.5. The fourth-order valence-electron chi connectivity index (χ4n) is 4.17. The van der Waals surface area contributed by atoms with Crippen molar-refractivity contribution in [2.45, 2.75) is 26.1 Å². The minimum absolute atomic E-state index is 0.0452. The quantitative estimate of drug-likeness (QED) is 0.244. The maximum atomic E-state index is 13.6. The molecule has 39 heavy (non-hydrogen) atoms. The lowest BCUT2D eigenvalue weighted by atomic mass is 10.1. The Morgan fingerprint density at radius 2 is 1.69 bits per heavy atom. The van der Waals surface area contributed by atoms with E-state index in [1.54, 1.807) is 25.1 Å². The highest BCUT2D eigenvalue weighted by molar-refractivity contribution is 5.94. The van der Waals surface area contributed by atoms with E-state index in [9.17, 15) is 24.0 Å². The van der Waals surface area contributed by atoms with Crippen molar-refractivity contribution in [1.29, 1.82) is 0 Å². The number of esters is 2. The summed E-state index contributed by atoms with van der Waals surface area (Å²) in [6.07, 6.45) is 0.528. The number of benzene rings is 2. The number of methoxy groups -OCH3 is 3. The molecule has 3 rings (SSSR count). The molecule has 0 aliphatic heterocycles. The van der Waals surface area contributed by atoms with Crippen LogP contribution >= 0.6 is 0 Å². The van der Waals surface area contributed by atoms with Gasteiger partial charge in [-0.05, 0) is 42.8 Å². The van der Waals surface area contributed by atoms with Crippen LogP contribution in [0.4, 0.5) is 0 Å². The molecule has 1 unspecified atom stereocenters. The molecule has 0 saturated heterocycles. The topological polar surface area (TPSA) is 161 Å². The van der Waals surface area contributed by atoms with Crippen molar-refractivity contribution >= 4 is 35.3 Å². The Hall–Kier alpha value is -4.81. The number of imidazole rings is 1. The number of nitrogens with zero attached hydrogens (tertiary/aromatic N) is 3. The van der Waals surface area contributed by atoms with E-state index >= 15 is 0 Å². The van der Waals surface area contributed by atoms with Crippen LogP contribution in [0.1, 0.15) is 28.9 Å². The maximum Gasteiger partial charge on any atom is 0.337 e. The average Bonchev–Trinajstić information content (AvgIpc) is 3.19. The molecule has 0 bridgehead atoms. The average molecular weight is 543 g/mol. The molecule has 13 nitrogen and oxygen atoms in total. The number of primary amides is 1. The van der Waals surface area contributed by atoms with E-state index in [2.05, 4.69) is 0 Å². The van der Waals surface area contributed by atoms with E-state index < -0.39 is 36.1 Å². The van der Waals surface area contributed by atoms with Crippen LogP contribution < -0.4 is 20.9 Å². The standard InChI is InChI=1S/C26H30N4O9/c1-5-39-23(32)14-29-21-10-17(25(34)38-4)6-7-20(21)30(26(29)35)22(24(27)33)13-28(15-31)12-16-8-18(36-2)11-19(9-16)37-3/h6-11,15,22H,5,12-14H2,1-4H3,(H2,27,33). The molecule has 1 heterocycles. The van der Waals surface area contributed by atoms with Gasteiger partial charge in [0, 0.05) is 12.6 Å². The summed E-state index contributed by atoms with van der Waals surface area (Å²) in [5.41, 5.74) is 6.12. The van der Waals surface area contributed by atoms with Crippen LogP contribution in [0.2, 0.25) is 0 Å². The highest BCUT2D eigenvalue weighted by Gasteiger charge is 2.28. The highest BCUT2D eigenvalue weighted by atomic mass is 16.5. The van der Waals surface area contributed by atoms with E-state index in [4.69, 9.17) is 24.7 Å². The number of fused-ring (bicyclic) bond motifs is 1. The van der Waals surface area contributed by atoms with E-state index in [0.717, 1.165) is 9.13 Å². The first-order valence-electron chi connectivity index (χ1n) is 11.9. The van der Waals surface area contributed by atoms with Gasteiger partial charge in [0.25, 0.3) is 0 Å². The third-order valence-corrected chi connectivity index (χ3v) is 5.97. The SMILES string of the molecule is CCOC(=O)Cn1c(=O)n(C(CN(C=O)Cc2cc(OC)cc(OC)c2)C(N)=O)c2ccc(C(=O)OC)cc21. The summed E-state index contributed by atoms with van der Waals surface area (Å²) in [4.78, 5) is 64.0. The minimum Gasteiger partial charge on any atom is -0.497 e. The van der Waals surface area contributed by atoms with Crippen molar-refractivity contribution in [1.82, 2.24) is 14.0 Å². The zero-order valence-corrected chi connectivity index (χ0v) is 22.0. The fourth-order valence-corrected chi connectivity index (χ4v) is 4.17. The van der Waals surface area contributed by atoms with Gasteiger partial charge < -0.3 is 29.6 Å². The molecule has 2 aromatic carbocycles. The van der Waals surface area contributed by atoms with Gasteiger partial charge in [-0.15, -0.1) is 0 Å². The van der Waals surface area contributed by atoms with E-state index in [1.165, 1.54) is 44.4 Å². The molecule has 3 aromatic rings. The molecule has 0 fully saturated rings. The molecule has 2 N–H and O–H groups in total. The molecule has 0 radical (unpaired) electrons. The lowest BCUT2D eigenvalue weighted by Gasteiger charge is -2.24. The van der Waals surface area contributed by atoms with Crippen LogP contribution in [0.25, 0.3) is 11.0 Å². The lowest BCUT2D eigenvalue weighted by Crippen LogP contribution is -2.41. The van der Waals surface area contributed by atoms with E-state index in [0.29, 0.717) is 23.5 Å². The molecular formula is C26H30N4O9. The highest BCUT2D eigenvalue weighted by Crippen LogP contribution is 2.25. The second-order valence-corrected chi connectivity index (χ2v) is 8.41. The molecule has 1 atom stereocenters. The third-order valence-electron chi connectivity index (χ3n) is 5.97. The Kier molecular flexibility index (Phi) is 9.31. The summed E-state index contributed by atoms with van der Waals surface area (Å²) in [5.74, 6) is -1.24. The van der Waals surface area contributed by atoms with Gasteiger partial charge >= 0.3 is 17.6 Å². The van der Waals surface area contributed by atoms with Crippen LogP contribution in [-0.4, -0.2) is 72.8 Å². The summed E-state index contributed by atoms with van der Waals surface area (Å²) in [6.45, 7) is 1.01. The van der Waals surface area contributed by atoms with Crippen molar-refractivity contribution in [3.63, 3.8) is 0 Å². The first kappa shape index (κ1) is 28.8. The Balaban J connectivity index is 2.09. The van der Waals surface area contributed by atoms with Gasteiger partial charge in [-0.1, -0.05) is 0 Å². The molecule has 0 saturated carbocycles. The number of ether oxygens (including phenoxy) is 4. The Morgan fingerprint density at radius 1 is 1.03 bits per heavy atom. The predicted octanol–water partition coefficient (Wildman–Crippen LogP) is 0.855. The summed E-state index contributed by atoms with van der Waals surface area (Å²) in [5, 5.41) is 0. The van der Waals surface area contributed by atoms with Gasteiger partial charge in [-0.3, -0.25) is 23.5 Å². The number of carbonyl (C=O) groups is 4. The normalized spacial score (nSPS) is 11.5. The molecule has 2 amide bonds. The first-order chi connectivity index (χ1) is 18.7. The monoisotopic (exact) mass is 542 g/mol. The third kappa shape index (κ3) is 6.37. The number of hydrogen-bond acceptors (Lipinski definition) is 9. The van der Waals surface area contributed by atoms with Crippen molar-refractivity contribution in [2.75, 3.05) is 34.5 Å². The van der Waals surface area contributed by atoms with E-state index in [-0.39, 0.29) is 36.3 Å². The lowest BCUT2D eigenvalue weighted by molar-refractivity contribution is -0.143. The van der Waals surface area contributed by atoms with Crippen LogP contribution in [0.3, 0.4) is 0 Å². The minimum atomic E-state index is -1.31. The zero-order chi connectivity index (χ0) is 28.7. The van der Waals surface area contributed by atoms with E-state index in [1.807, 2.05) is 0 Å². The van der Waals surface area contributed by atoms with Gasteiger partial charge in [0.1, 0.15) is 24.1 Å². The van der Waals surface area contributed by atoms with Crippen molar-refractivity contribution in [2.24, 2.45) is 5.73 Å². The van der Waals surface area contributed by atoms with Crippen LogP contribution in [0, 0.1) is 0 Å². The molecule has 1 aromatic heterocycles. The largest absolute Gasteiger partial charge is 0.497 e. The van der Waals surface area contributed by atoms with Crippen molar-refractivity contribution in [3.8, 4) is 11.5 Å². The smallest absolute Gasteiger partial charge is 0.337 e. The Morgan fingerprint density at radius 3 is 2.23 bits per heavy atom. The number of nitrogens with two attached hydrogens (primary N) is 1. The number of hydrogen-bond donors (Lipinski definition) is 1. The van der Waals surface area contributed by atoms with Crippen LogP contribution in [0.5, 0.6) is 11.5 Å². The predicted molar refractivity (Wildman–Crippen MR) is 138 cm³/mol. The van der Waals surface area contributed by atoms with Gasteiger partial charge in [0.15, 0.2) is 0 Å². The van der Waals surface area contributed by atoms with Crippen molar-refractivity contribution < 1.29 is 38.1 Å². The van der Waals surface area contributed by atoms with Gasteiger partial charge in [-0.2, -0.15) is 0 Å². The number of aromatic nitrogens is 2. The second-order valence-electron chi connectivity index (χ2n) is 8.41. The fraction of sp³-hybridized carbons (Fsp3) is 0.346. The van der Waals surface area contributed by atoms with Crippen LogP contribution in [0.15, 0.2) is 41.2 Å². The molecule has 0 aliphatic carbocycles. The molecule has 0 spiro atoms. The summed E-state index contributed by atoms with van der Waals surface area (Å²) in [6, 6.07) is 7.98. The number of carbonyl (C=O) groups excluding carboxylic acids is 4. The first-order valence-corrected chi connectivity index (χ1v) is 11.9. The molecule has 208 valence electrons. The second kappa shape index (κ2) is 12.6. The molecule has 0 aliphatic rings. The number of amides is 2. The van der Waals surface area contributed by atoms with Gasteiger partial charge in [0.05, 0.1) is 51.1 Å². The van der Waals surface area contributed by atoms with Gasteiger partial charge in [0.2, 0.25) is 12.3 Å². The Bertz CT molecular complexity index is 1420. The van der Waals surface area contributed by atoms with Crippen LogP contribution in [-0.2, 0) is 36.9 Å². The summed E-state index contributed by atoms with van der Waals surface area (Å²) >= 11 is 0. The molecule has 13 heteroatoms. The maximum absolute atomic E-state index is 13.6. The van der Waals surface area contributed by atoms with Gasteiger partial charge in [-0.25, -0.2) is 9.59 Å².